The van der Waals surface area contributed by atoms with Gasteiger partial charge in [-0.3, -0.25) is 9.36 Å². The lowest BCUT2D eigenvalue weighted by molar-refractivity contribution is 0.341. The second-order valence-electron chi connectivity index (χ2n) is 6.85. The summed E-state index contributed by atoms with van der Waals surface area (Å²) in [4.78, 5) is 18.0. The first-order chi connectivity index (χ1) is 14.1. The molecule has 0 saturated carbocycles. The van der Waals surface area contributed by atoms with Crippen LogP contribution >= 0.6 is 11.8 Å². The molecule has 4 rings (SSSR count). The number of para-hydroxylation sites is 2. The summed E-state index contributed by atoms with van der Waals surface area (Å²) in [6.45, 7) is 4.60. The van der Waals surface area contributed by atoms with Gasteiger partial charge in [0.05, 0.1) is 23.2 Å². The standard InChI is InChI=1S/C24H22N2O2S/c1-17-11-13-19(14-12-17)26-23(27)20-8-4-5-9-21(20)25-24(26)29-16-15-28-22-10-6-3-7-18(22)2/h3-14H,15-16H2,1-2H3. The van der Waals surface area contributed by atoms with Gasteiger partial charge in [-0.2, -0.15) is 0 Å². The van der Waals surface area contributed by atoms with Crippen LogP contribution in [0.15, 0.2) is 82.7 Å². The second-order valence-corrected chi connectivity index (χ2v) is 7.91. The number of rotatable bonds is 6. The van der Waals surface area contributed by atoms with E-state index in [0.717, 1.165) is 22.6 Å². The third-order valence-electron chi connectivity index (χ3n) is 4.70. The van der Waals surface area contributed by atoms with Crippen molar-refractivity contribution in [3.05, 3.63) is 94.3 Å². The number of nitrogens with zero attached hydrogens (tertiary/aromatic N) is 2. The zero-order valence-corrected chi connectivity index (χ0v) is 17.3. The summed E-state index contributed by atoms with van der Waals surface area (Å²) in [6.07, 6.45) is 0. The predicted molar refractivity (Wildman–Crippen MR) is 119 cm³/mol. The van der Waals surface area contributed by atoms with E-state index in [1.54, 1.807) is 4.57 Å². The highest BCUT2D eigenvalue weighted by Crippen LogP contribution is 2.22. The third kappa shape index (κ3) is 4.20. The molecule has 0 atom stereocenters. The number of benzene rings is 3. The maximum atomic E-state index is 13.2. The Morgan fingerprint density at radius 3 is 2.45 bits per heavy atom. The molecule has 0 aliphatic heterocycles. The van der Waals surface area contributed by atoms with Crippen molar-refractivity contribution in [1.29, 1.82) is 0 Å². The van der Waals surface area contributed by atoms with Gasteiger partial charge in [-0.15, -0.1) is 0 Å². The summed E-state index contributed by atoms with van der Waals surface area (Å²) in [5, 5.41) is 1.29. The number of hydrogen-bond donors (Lipinski definition) is 0. The van der Waals surface area contributed by atoms with Crippen LogP contribution in [0.25, 0.3) is 16.6 Å². The second kappa shape index (κ2) is 8.53. The van der Waals surface area contributed by atoms with E-state index in [9.17, 15) is 4.79 Å². The van der Waals surface area contributed by atoms with E-state index in [4.69, 9.17) is 9.72 Å². The van der Waals surface area contributed by atoms with Crippen molar-refractivity contribution >= 4 is 22.7 Å². The van der Waals surface area contributed by atoms with Crippen LogP contribution in [-0.2, 0) is 0 Å². The first-order valence-electron chi connectivity index (χ1n) is 9.53. The molecule has 5 heteroatoms. The lowest BCUT2D eigenvalue weighted by Gasteiger charge is -2.14. The maximum absolute atomic E-state index is 13.2. The molecule has 0 N–H and O–H groups in total. The lowest BCUT2D eigenvalue weighted by Crippen LogP contribution is -2.22. The first kappa shape index (κ1) is 19.3. The zero-order valence-electron chi connectivity index (χ0n) is 16.5. The van der Waals surface area contributed by atoms with Crippen molar-refractivity contribution in [2.75, 3.05) is 12.4 Å². The molecule has 0 bridgehead atoms. The molecule has 0 aliphatic carbocycles. The van der Waals surface area contributed by atoms with Crippen LogP contribution in [0.2, 0.25) is 0 Å². The number of fused-ring (bicyclic) bond motifs is 1. The fourth-order valence-electron chi connectivity index (χ4n) is 3.13. The van der Waals surface area contributed by atoms with Gasteiger partial charge in [-0.05, 0) is 49.7 Å². The van der Waals surface area contributed by atoms with Gasteiger partial charge < -0.3 is 4.74 Å². The topological polar surface area (TPSA) is 44.1 Å². The van der Waals surface area contributed by atoms with Gasteiger partial charge in [0.25, 0.3) is 5.56 Å². The van der Waals surface area contributed by atoms with Crippen molar-refractivity contribution in [3.8, 4) is 11.4 Å². The Balaban J connectivity index is 1.63. The average Bonchev–Trinajstić information content (AvgIpc) is 2.73. The number of aromatic nitrogens is 2. The highest BCUT2D eigenvalue weighted by Gasteiger charge is 2.13. The summed E-state index contributed by atoms with van der Waals surface area (Å²) < 4.78 is 7.60. The van der Waals surface area contributed by atoms with E-state index < -0.39 is 0 Å². The number of hydrogen-bond acceptors (Lipinski definition) is 4. The van der Waals surface area contributed by atoms with Crippen molar-refractivity contribution < 1.29 is 4.74 Å². The monoisotopic (exact) mass is 402 g/mol. The number of thioether (sulfide) groups is 1. The van der Waals surface area contributed by atoms with E-state index >= 15 is 0 Å². The fourth-order valence-corrected chi connectivity index (χ4v) is 3.96. The molecule has 0 radical (unpaired) electrons. The smallest absolute Gasteiger partial charge is 0.266 e. The fraction of sp³-hybridized carbons (Fsp3) is 0.167. The molecule has 0 unspecified atom stereocenters. The molecular formula is C24H22N2O2S. The van der Waals surface area contributed by atoms with Gasteiger partial charge in [0.15, 0.2) is 5.16 Å². The van der Waals surface area contributed by atoms with E-state index in [1.807, 2.05) is 86.6 Å². The largest absolute Gasteiger partial charge is 0.492 e. The number of ether oxygens (including phenoxy) is 1. The van der Waals surface area contributed by atoms with Gasteiger partial charge in [0, 0.05) is 5.75 Å². The molecule has 0 saturated heterocycles. The minimum absolute atomic E-state index is 0.0539. The molecule has 4 aromatic rings. The zero-order chi connectivity index (χ0) is 20.2. The Morgan fingerprint density at radius 1 is 0.931 bits per heavy atom. The van der Waals surface area contributed by atoms with Gasteiger partial charge in [0.1, 0.15) is 5.75 Å². The van der Waals surface area contributed by atoms with Gasteiger partial charge in [0.2, 0.25) is 0 Å². The molecular weight excluding hydrogens is 380 g/mol. The van der Waals surface area contributed by atoms with Crippen LogP contribution in [0.3, 0.4) is 0 Å². The molecule has 29 heavy (non-hydrogen) atoms. The molecule has 0 fully saturated rings. The van der Waals surface area contributed by atoms with Crippen molar-refractivity contribution in [1.82, 2.24) is 9.55 Å². The lowest BCUT2D eigenvalue weighted by atomic mass is 10.2. The molecule has 4 nitrogen and oxygen atoms in total. The van der Waals surface area contributed by atoms with Crippen LogP contribution in [0, 0.1) is 13.8 Å². The van der Waals surface area contributed by atoms with Crippen LogP contribution in [0.5, 0.6) is 5.75 Å². The Morgan fingerprint density at radius 2 is 1.66 bits per heavy atom. The Bertz CT molecular complexity index is 1200. The quantitative estimate of drug-likeness (QED) is 0.253. The van der Waals surface area contributed by atoms with Gasteiger partial charge in [-0.25, -0.2) is 4.98 Å². The Kier molecular flexibility index (Phi) is 5.67. The van der Waals surface area contributed by atoms with Crippen molar-refractivity contribution in [2.45, 2.75) is 19.0 Å². The molecule has 1 heterocycles. The Labute approximate surface area is 174 Å². The highest BCUT2D eigenvalue weighted by atomic mass is 32.2. The maximum Gasteiger partial charge on any atom is 0.266 e. The summed E-state index contributed by atoms with van der Waals surface area (Å²) in [6, 6.07) is 23.4. The van der Waals surface area contributed by atoms with Crippen LogP contribution in [0.1, 0.15) is 11.1 Å². The summed E-state index contributed by atoms with van der Waals surface area (Å²) in [5.74, 6) is 1.57. The summed E-state index contributed by atoms with van der Waals surface area (Å²) in [7, 11) is 0. The molecule has 3 aromatic carbocycles. The Hall–Kier alpha value is -3.05. The first-order valence-corrected chi connectivity index (χ1v) is 10.5. The molecule has 146 valence electrons. The molecule has 0 spiro atoms. The van der Waals surface area contributed by atoms with Crippen LogP contribution < -0.4 is 10.3 Å². The van der Waals surface area contributed by atoms with Crippen LogP contribution in [0.4, 0.5) is 0 Å². The minimum atomic E-state index is -0.0539. The van der Waals surface area contributed by atoms with E-state index in [0.29, 0.717) is 28.4 Å². The molecule has 0 amide bonds. The average molecular weight is 403 g/mol. The van der Waals surface area contributed by atoms with E-state index in [2.05, 4.69) is 0 Å². The molecule has 1 aromatic heterocycles. The predicted octanol–water partition coefficient (Wildman–Crippen LogP) is 5.17. The van der Waals surface area contributed by atoms with E-state index in [1.165, 1.54) is 11.8 Å². The third-order valence-corrected chi connectivity index (χ3v) is 5.61. The number of aryl methyl sites for hydroxylation is 2. The van der Waals surface area contributed by atoms with Gasteiger partial charge >= 0.3 is 0 Å². The minimum Gasteiger partial charge on any atom is -0.492 e. The van der Waals surface area contributed by atoms with Crippen molar-refractivity contribution in [2.24, 2.45) is 0 Å². The van der Waals surface area contributed by atoms with Crippen LogP contribution in [-0.4, -0.2) is 21.9 Å². The van der Waals surface area contributed by atoms with Gasteiger partial charge in [-0.1, -0.05) is 59.8 Å². The summed E-state index contributed by atoms with van der Waals surface area (Å²) in [5.41, 5.74) is 3.74. The summed E-state index contributed by atoms with van der Waals surface area (Å²) >= 11 is 1.53. The molecule has 0 aliphatic rings. The SMILES string of the molecule is Cc1ccc(-n2c(SCCOc3ccccc3C)nc3ccccc3c2=O)cc1. The van der Waals surface area contributed by atoms with Crippen molar-refractivity contribution in [3.63, 3.8) is 0 Å². The normalized spacial score (nSPS) is 11.0. The highest BCUT2D eigenvalue weighted by molar-refractivity contribution is 7.99. The van der Waals surface area contributed by atoms with E-state index in [-0.39, 0.29) is 5.56 Å².